The van der Waals surface area contributed by atoms with Gasteiger partial charge >= 0.3 is 0 Å². The van der Waals surface area contributed by atoms with Crippen molar-refractivity contribution < 1.29 is 9.53 Å². The van der Waals surface area contributed by atoms with Crippen LogP contribution in [0.1, 0.15) is 19.4 Å². The molecular weight excluding hydrogens is 176 g/mol. The molecule has 1 rings (SSSR count). The van der Waals surface area contributed by atoms with Crippen molar-refractivity contribution >= 4 is 6.47 Å². The predicted octanol–water partition coefficient (Wildman–Crippen LogP) is 2.43. The molecule has 2 nitrogen and oxygen atoms in total. The Morgan fingerprint density at radius 2 is 1.93 bits per heavy atom. The molecule has 76 valence electrons. The Bertz CT molecular complexity index is 269. The first-order valence-corrected chi connectivity index (χ1v) is 4.87. The van der Waals surface area contributed by atoms with Gasteiger partial charge in [-0.25, -0.2) is 0 Å². The fourth-order valence-electron chi connectivity index (χ4n) is 1.37. The van der Waals surface area contributed by atoms with E-state index in [9.17, 15) is 4.79 Å². The lowest BCUT2D eigenvalue weighted by Gasteiger charge is -2.17. The number of benzene rings is 1. The second-order valence-electron chi connectivity index (χ2n) is 3.60. The van der Waals surface area contributed by atoms with Crippen LogP contribution in [0.5, 0.6) is 0 Å². The van der Waals surface area contributed by atoms with Crippen molar-refractivity contribution in [3.05, 3.63) is 35.9 Å². The first kappa shape index (κ1) is 10.8. The van der Waals surface area contributed by atoms with Crippen LogP contribution in [-0.2, 0) is 16.0 Å². The Morgan fingerprint density at radius 3 is 2.50 bits per heavy atom. The van der Waals surface area contributed by atoms with Crippen molar-refractivity contribution in [3.8, 4) is 0 Å². The molecule has 1 aromatic rings. The highest BCUT2D eigenvalue weighted by molar-refractivity contribution is 5.37. The fraction of sp³-hybridized carbons (Fsp3) is 0.417. The lowest BCUT2D eigenvalue weighted by Crippen LogP contribution is -2.19. The second kappa shape index (κ2) is 5.43. The minimum absolute atomic E-state index is 0.0206. The van der Waals surface area contributed by atoms with Crippen molar-refractivity contribution in [1.29, 1.82) is 0 Å². The van der Waals surface area contributed by atoms with Gasteiger partial charge < -0.3 is 4.74 Å². The van der Waals surface area contributed by atoms with Crippen LogP contribution in [-0.4, -0.2) is 12.6 Å². The van der Waals surface area contributed by atoms with Gasteiger partial charge in [0.1, 0.15) is 6.10 Å². The molecule has 0 aromatic heterocycles. The van der Waals surface area contributed by atoms with E-state index in [-0.39, 0.29) is 6.10 Å². The van der Waals surface area contributed by atoms with Gasteiger partial charge in [0.05, 0.1) is 0 Å². The van der Waals surface area contributed by atoms with Crippen LogP contribution in [0.4, 0.5) is 0 Å². The third kappa shape index (κ3) is 3.21. The Labute approximate surface area is 84.9 Å². The smallest absolute Gasteiger partial charge is 0.293 e. The monoisotopic (exact) mass is 192 g/mol. The summed E-state index contributed by atoms with van der Waals surface area (Å²) in [6.45, 7) is 4.52. The molecule has 0 saturated carbocycles. The Hall–Kier alpha value is -1.31. The highest BCUT2D eigenvalue weighted by Crippen LogP contribution is 2.13. The van der Waals surface area contributed by atoms with Crippen LogP contribution >= 0.6 is 0 Å². The third-order valence-electron chi connectivity index (χ3n) is 2.47. The molecule has 2 atom stereocenters. The van der Waals surface area contributed by atoms with Crippen molar-refractivity contribution in [1.82, 2.24) is 0 Å². The minimum atomic E-state index is -0.0206. The minimum Gasteiger partial charge on any atom is -0.465 e. The zero-order valence-corrected chi connectivity index (χ0v) is 8.64. The van der Waals surface area contributed by atoms with Gasteiger partial charge in [0, 0.05) is 0 Å². The summed E-state index contributed by atoms with van der Waals surface area (Å²) in [7, 11) is 0. The third-order valence-corrected chi connectivity index (χ3v) is 2.47. The lowest BCUT2D eigenvalue weighted by molar-refractivity contribution is -0.134. The Balaban J connectivity index is 2.48. The zero-order valence-electron chi connectivity index (χ0n) is 8.64. The molecule has 2 heteroatoms. The first-order chi connectivity index (χ1) is 6.74. The highest BCUT2D eigenvalue weighted by atomic mass is 16.5. The summed E-state index contributed by atoms with van der Waals surface area (Å²) in [5.41, 5.74) is 1.28. The maximum absolute atomic E-state index is 10.1. The molecule has 0 fully saturated rings. The van der Waals surface area contributed by atoms with Crippen molar-refractivity contribution in [3.63, 3.8) is 0 Å². The topological polar surface area (TPSA) is 26.3 Å². The number of carbonyl (C=O) groups excluding carboxylic acids is 1. The molecule has 0 amide bonds. The summed E-state index contributed by atoms with van der Waals surface area (Å²) in [5.74, 6) is 0.350. The molecule has 2 unspecified atom stereocenters. The van der Waals surface area contributed by atoms with Crippen LogP contribution in [0.15, 0.2) is 30.3 Å². The number of carbonyl (C=O) groups is 1. The lowest BCUT2D eigenvalue weighted by atomic mass is 9.97. The van der Waals surface area contributed by atoms with Gasteiger partial charge in [0.15, 0.2) is 0 Å². The molecule has 0 spiro atoms. The number of rotatable bonds is 5. The van der Waals surface area contributed by atoms with Gasteiger partial charge in [-0.05, 0) is 24.8 Å². The van der Waals surface area contributed by atoms with E-state index in [1.165, 1.54) is 5.56 Å². The van der Waals surface area contributed by atoms with E-state index >= 15 is 0 Å². The number of hydrogen-bond acceptors (Lipinski definition) is 2. The van der Waals surface area contributed by atoms with Gasteiger partial charge in [0.25, 0.3) is 6.47 Å². The standard InChI is InChI=1S/C12H16O2/c1-10(11(2)14-9-13)8-12-6-4-3-5-7-12/h3-7,9-11H,8H2,1-2H3. The molecular formula is C12H16O2. The predicted molar refractivity (Wildman–Crippen MR) is 55.9 cm³/mol. The molecule has 0 saturated heterocycles. The van der Waals surface area contributed by atoms with Gasteiger partial charge in [0.2, 0.25) is 0 Å². The maximum atomic E-state index is 10.1. The van der Waals surface area contributed by atoms with E-state index in [1.807, 2.05) is 25.1 Å². The summed E-state index contributed by atoms with van der Waals surface area (Å²) in [5, 5.41) is 0. The number of ether oxygens (including phenoxy) is 1. The largest absolute Gasteiger partial charge is 0.465 e. The average molecular weight is 192 g/mol. The molecule has 1 aromatic carbocycles. The maximum Gasteiger partial charge on any atom is 0.293 e. The van der Waals surface area contributed by atoms with Crippen molar-refractivity contribution in [2.75, 3.05) is 0 Å². The molecule has 0 aliphatic heterocycles. The number of hydrogen-bond donors (Lipinski definition) is 0. The van der Waals surface area contributed by atoms with Gasteiger partial charge in [-0.1, -0.05) is 37.3 Å². The SMILES string of the molecule is CC(Cc1ccccc1)C(C)OC=O. The van der Waals surface area contributed by atoms with Crippen LogP contribution in [0.3, 0.4) is 0 Å². The molecule has 0 bridgehead atoms. The normalized spacial score (nSPS) is 14.4. The van der Waals surface area contributed by atoms with Gasteiger partial charge in [-0.3, -0.25) is 4.79 Å². The summed E-state index contributed by atoms with van der Waals surface area (Å²) in [4.78, 5) is 10.1. The first-order valence-electron chi connectivity index (χ1n) is 4.87. The van der Waals surface area contributed by atoms with Crippen LogP contribution < -0.4 is 0 Å². The second-order valence-corrected chi connectivity index (χ2v) is 3.60. The molecule has 0 radical (unpaired) electrons. The van der Waals surface area contributed by atoms with Gasteiger partial charge in [-0.15, -0.1) is 0 Å². The molecule has 0 heterocycles. The summed E-state index contributed by atoms with van der Waals surface area (Å²) in [6, 6.07) is 10.2. The van der Waals surface area contributed by atoms with Crippen LogP contribution in [0, 0.1) is 5.92 Å². The van der Waals surface area contributed by atoms with Gasteiger partial charge in [-0.2, -0.15) is 0 Å². The molecule has 0 aliphatic rings. The molecule has 0 N–H and O–H groups in total. The van der Waals surface area contributed by atoms with E-state index in [0.29, 0.717) is 12.4 Å². The van der Waals surface area contributed by atoms with E-state index < -0.39 is 0 Å². The summed E-state index contributed by atoms with van der Waals surface area (Å²) >= 11 is 0. The van der Waals surface area contributed by atoms with Crippen LogP contribution in [0.2, 0.25) is 0 Å². The fourth-order valence-corrected chi connectivity index (χ4v) is 1.37. The van der Waals surface area contributed by atoms with Crippen LogP contribution in [0.25, 0.3) is 0 Å². The Kier molecular flexibility index (Phi) is 4.17. The quantitative estimate of drug-likeness (QED) is 0.670. The average Bonchev–Trinajstić information content (AvgIpc) is 2.19. The van der Waals surface area contributed by atoms with E-state index in [2.05, 4.69) is 19.1 Å². The summed E-state index contributed by atoms with van der Waals surface area (Å²) in [6.07, 6.45) is 0.920. The zero-order chi connectivity index (χ0) is 10.4. The van der Waals surface area contributed by atoms with E-state index in [0.717, 1.165) is 6.42 Å². The van der Waals surface area contributed by atoms with E-state index in [4.69, 9.17) is 4.74 Å². The molecule has 0 aliphatic carbocycles. The summed E-state index contributed by atoms with van der Waals surface area (Å²) < 4.78 is 4.90. The van der Waals surface area contributed by atoms with Crippen molar-refractivity contribution in [2.45, 2.75) is 26.4 Å². The van der Waals surface area contributed by atoms with E-state index in [1.54, 1.807) is 0 Å². The highest BCUT2D eigenvalue weighted by Gasteiger charge is 2.12. The molecule has 14 heavy (non-hydrogen) atoms. The Morgan fingerprint density at radius 1 is 1.29 bits per heavy atom. The van der Waals surface area contributed by atoms with Crippen molar-refractivity contribution in [2.24, 2.45) is 5.92 Å².